The first-order chi connectivity index (χ1) is 16.4. The zero-order valence-corrected chi connectivity index (χ0v) is 20.1. The SMILES string of the molecule is COC(=O)[C@@H]1[C@@H](C)OCN1C(=O)c1cc(C2CC2)c(OCC23CC4CC(CC(C4)C2)C3)cc1F. The van der Waals surface area contributed by atoms with Crippen LogP contribution in [-0.2, 0) is 14.3 Å². The first kappa shape index (κ1) is 22.3. The molecule has 6 aliphatic rings. The minimum absolute atomic E-state index is 0.0318. The number of hydrogen-bond acceptors (Lipinski definition) is 5. The molecule has 1 aliphatic heterocycles. The van der Waals surface area contributed by atoms with Crippen LogP contribution < -0.4 is 4.74 Å². The third-order valence-corrected chi connectivity index (χ3v) is 9.01. The van der Waals surface area contributed by atoms with Crippen LogP contribution >= 0.6 is 0 Å². The van der Waals surface area contributed by atoms with Gasteiger partial charge in [-0.15, -0.1) is 0 Å². The van der Waals surface area contributed by atoms with Gasteiger partial charge in [0.05, 0.1) is 25.4 Å². The summed E-state index contributed by atoms with van der Waals surface area (Å²) in [7, 11) is 1.28. The molecule has 5 aliphatic carbocycles. The van der Waals surface area contributed by atoms with Crippen LogP contribution in [0.1, 0.15) is 80.1 Å². The molecule has 184 valence electrons. The number of methoxy groups -OCH3 is 1. The Morgan fingerprint density at radius 1 is 1.12 bits per heavy atom. The molecule has 0 spiro atoms. The zero-order valence-electron chi connectivity index (χ0n) is 20.1. The lowest BCUT2D eigenvalue weighted by Gasteiger charge is -2.56. The van der Waals surface area contributed by atoms with Gasteiger partial charge in [0.15, 0.2) is 6.04 Å². The van der Waals surface area contributed by atoms with Crippen molar-refractivity contribution in [1.82, 2.24) is 4.90 Å². The molecule has 1 aromatic carbocycles. The summed E-state index contributed by atoms with van der Waals surface area (Å²) in [5.41, 5.74) is 1.12. The number of nitrogens with zero attached hydrogens (tertiary/aromatic N) is 1. The summed E-state index contributed by atoms with van der Waals surface area (Å²) in [5.74, 6) is 1.67. The van der Waals surface area contributed by atoms with Crippen molar-refractivity contribution < 1.29 is 28.2 Å². The number of amides is 1. The summed E-state index contributed by atoms with van der Waals surface area (Å²) in [6, 6.07) is 2.17. The highest BCUT2D eigenvalue weighted by Gasteiger charge is 2.51. The van der Waals surface area contributed by atoms with Crippen molar-refractivity contribution in [3.63, 3.8) is 0 Å². The van der Waals surface area contributed by atoms with Crippen molar-refractivity contribution in [2.24, 2.45) is 23.2 Å². The van der Waals surface area contributed by atoms with Crippen LogP contribution in [0.2, 0.25) is 0 Å². The lowest BCUT2D eigenvalue weighted by Crippen LogP contribution is -2.48. The van der Waals surface area contributed by atoms with Crippen LogP contribution in [0, 0.1) is 29.0 Å². The van der Waals surface area contributed by atoms with Gasteiger partial charge in [-0.3, -0.25) is 9.69 Å². The van der Waals surface area contributed by atoms with E-state index in [2.05, 4.69) is 0 Å². The third-order valence-electron chi connectivity index (χ3n) is 9.01. The number of halogens is 1. The largest absolute Gasteiger partial charge is 0.493 e. The van der Waals surface area contributed by atoms with Crippen molar-refractivity contribution in [2.75, 3.05) is 20.4 Å². The van der Waals surface area contributed by atoms with Gasteiger partial charge in [-0.25, -0.2) is 9.18 Å². The Kier molecular flexibility index (Phi) is 5.39. The van der Waals surface area contributed by atoms with E-state index in [1.165, 1.54) is 56.6 Å². The monoisotopic (exact) mass is 471 g/mol. The van der Waals surface area contributed by atoms with Gasteiger partial charge in [0.1, 0.15) is 18.3 Å². The number of benzene rings is 1. The highest BCUT2D eigenvalue weighted by atomic mass is 19.1. The minimum atomic E-state index is -0.881. The zero-order chi connectivity index (χ0) is 23.6. The van der Waals surface area contributed by atoms with Crippen molar-refractivity contribution >= 4 is 11.9 Å². The summed E-state index contributed by atoms with van der Waals surface area (Å²) < 4.78 is 32.1. The minimum Gasteiger partial charge on any atom is -0.493 e. The maximum absolute atomic E-state index is 15.3. The summed E-state index contributed by atoms with van der Waals surface area (Å²) in [4.78, 5) is 26.8. The Labute approximate surface area is 200 Å². The second-order valence-electron chi connectivity index (χ2n) is 11.6. The summed E-state index contributed by atoms with van der Waals surface area (Å²) >= 11 is 0. The molecule has 0 N–H and O–H groups in total. The van der Waals surface area contributed by atoms with Crippen LogP contribution in [0.15, 0.2) is 12.1 Å². The second kappa shape index (κ2) is 8.21. The molecule has 34 heavy (non-hydrogen) atoms. The highest BCUT2D eigenvalue weighted by molar-refractivity contribution is 5.97. The van der Waals surface area contributed by atoms with Gasteiger partial charge in [0.2, 0.25) is 0 Å². The predicted octanol–water partition coefficient (Wildman–Crippen LogP) is 4.66. The van der Waals surface area contributed by atoms with Crippen LogP contribution in [0.25, 0.3) is 0 Å². The van der Waals surface area contributed by atoms with E-state index in [1.54, 1.807) is 13.0 Å². The molecule has 0 aromatic heterocycles. The number of carbonyl (C=O) groups is 2. The third kappa shape index (κ3) is 3.80. The normalized spacial score (nSPS) is 36.1. The number of carbonyl (C=O) groups excluding carboxylic acids is 2. The van der Waals surface area contributed by atoms with Crippen LogP contribution in [-0.4, -0.2) is 49.4 Å². The van der Waals surface area contributed by atoms with Gasteiger partial charge in [-0.05, 0) is 93.6 Å². The lowest BCUT2D eigenvalue weighted by molar-refractivity contribution is -0.145. The Balaban J connectivity index is 1.24. The summed E-state index contributed by atoms with van der Waals surface area (Å²) in [5, 5.41) is 0. The molecular formula is C27H34FNO5. The van der Waals surface area contributed by atoms with E-state index < -0.39 is 29.8 Å². The molecule has 6 nitrogen and oxygen atoms in total. The van der Waals surface area contributed by atoms with E-state index in [-0.39, 0.29) is 17.7 Å². The molecule has 7 rings (SSSR count). The van der Waals surface area contributed by atoms with Crippen LogP contribution in [0.4, 0.5) is 4.39 Å². The fraction of sp³-hybridized carbons (Fsp3) is 0.704. The summed E-state index contributed by atoms with van der Waals surface area (Å²) in [6.07, 6.45) is 9.36. The first-order valence-electron chi connectivity index (χ1n) is 12.8. The molecule has 4 bridgehead atoms. The maximum Gasteiger partial charge on any atom is 0.331 e. The van der Waals surface area contributed by atoms with Crippen molar-refractivity contribution in [3.8, 4) is 5.75 Å². The number of rotatable bonds is 6. The standard InChI is InChI=1S/C27H34FNO5/c1-15-24(26(31)32-2)29(14-34-15)25(30)21-8-20(19-3-4-19)23(9-22(21)28)33-13-27-10-16-5-17(11-27)7-18(6-16)12-27/h8-9,15-19,24H,3-7,10-14H2,1-2H3/t15-,16?,17?,18?,24+,27?/m1/s1. The second-order valence-corrected chi connectivity index (χ2v) is 11.6. The molecule has 5 saturated carbocycles. The molecule has 1 heterocycles. The maximum atomic E-state index is 15.3. The molecule has 2 atom stereocenters. The van der Waals surface area contributed by atoms with Crippen molar-refractivity contribution in [2.45, 2.75) is 76.4 Å². The Hall–Kier alpha value is -2.15. The molecule has 0 unspecified atom stereocenters. The van der Waals surface area contributed by atoms with Crippen LogP contribution in [0.5, 0.6) is 5.75 Å². The molecule has 1 saturated heterocycles. The van der Waals surface area contributed by atoms with Gasteiger partial charge in [0, 0.05) is 11.5 Å². The molecule has 1 amide bonds. The van der Waals surface area contributed by atoms with E-state index in [4.69, 9.17) is 14.2 Å². The summed E-state index contributed by atoms with van der Waals surface area (Å²) in [6.45, 7) is 2.29. The van der Waals surface area contributed by atoms with Gasteiger partial charge in [-0.2, -0.15) is 0 Å². The van der Waals surface area contributed by atoms with Gasteiger partial charge < -0.3 is 14.2 Å². The van der Waals surface area contributed by atoms with Gasteiger partial charge in [0.25, 0.3) is 5.91 Å². The quantitative estimate of drug-likeness (QED) is 0.565. The Morgan fingerprint density at radius 3 is 2.35 bits per heavy atom. The van der Waals surface area contributed by atoms with Crippen molar-refractivity contribution in [1.29, 1.82) is 0 Å². The Morgan fingerprint density at radius 2 is 1.76 bits per heavy atom. The number of ether oxygens (including phenoxy) is 3. The molecule has 0 radical (unpaired) electrons. The van der Waals surface area contributed by atoms with E-state index in [1.807, 2.05) is 0 Å². The van der Waals surface area contributed by atoms with Gasteiger partial charge >= 0.3 is 5.97 Å². The van der Waals surface area contributed by atoms with E-state index in [0.29, 0.717) is 18.3 Å². The van der Waals surface area contributed by atoms with Gasteiger partial charge in [-0.1, -0.05) is 0 Å². The number of hydrogen-bond donors (Lipinski definition) is 0. The fourth-order valence-corrected chi connectivity index (χ4v) is 7.67. The smallest absolute Gasteiger partial charge is 0.331 e. The van der Waals surface area contributed by atoms with Crippen LogP contribution in [0.3, 0.4) is 0 Å². The first-order valence-corrected chi connectivity index (χ1v) is 12.8. The highest BCUT2D eigenvalue weighted by Crippen LogP contribution is 2.60. The Bertz CT molecular complexity index is 970. The van der Waals surface area contributed by atoms with E-state index in [9.17, 15) is 9.59 Å². The van der Waals surface area contributed by atoms with E-state index >= 15 is 4.39 Å². The molecule has 1 aromatic rings. The van der Waals surface area contributed by atoms with E-state index in [0.717, 1.165) is 36.2 Å². The average Bonchev–Trinajstić information content (AvgIpc) is 3.57. The average molecular weight is 472 g/mol. The van der Waals surface area contributed by atoms with Crippen molar-refractivity contribution in [3.05, 3.63) is 29.1 Å². The fourth-order valence-electron chi connectivity index (χ4n) is 7.67. The number of esters is 1. The topological polar surface area (TPSA) is 65.1 Å². The lowest BCUT2D eigenvalue weighted by atomic mass is 9.50. The molecule has 6 fully saturated rings. The molecule has 7 heteroatoms. The molecular weight excluding hydrogens is 437 g/mol. The predicted molar refractivity (Wildman–Crippen MR) is 122 cm³/mol.